The van der Waals surface area contributed by atoms with Gasteiger partial charge in [0.15, 0.2) is 0 Å². The molecule has 0 aliphatic heterocycles. The summed E-state index contributed by atoms with van der Waals surface area (Å²) in [4.78, 5) is 17.8. The number of nitrogens with zero attached hydrogens (tertiary/aromatic N) is 1. The molecule has 0 radical (unpaired) electrons. The van der Waals surface area contributed by atoms with Crippen molar-refractivity contribution in [1.29, 1.82) is 0 Å². The Morgan fingerprint density at radius 1 is 1.12 bits per heavy atom. The van der Waals surface area contributed by atoms with E-state index in [-0.39, 0.29) is 11.4 Å². The van der Waals surface area contributed by atoms with Crippen molar-refractivity contribution < 1.29 is 9.53 Å². The Balaban J connectivity index is 1.67. The molecule has 1 aromatic heterocycles. The number of carbonyl (C=O) groups is 1. The van der Waals surface area contributed by atoms with Crippen LogP contribution in [0.1, 0.15) is 67.1 Å². The molecule has 0 N–H and O–H groups in total. The first-order valence-electron chi connectivity index (χ1n) is 10.2. The highest BCUT2D eigenvalue weighted by Crippen LogP contribution is 2.60. The van der Waals surface area contributed by atoms with Crippen LogP contribution in [0.5, 0.6) is 0 Å². The number of esters is 1. The van der Waals surface area contributed by atoms with Crippen LogP contribution in [-0.2, 0) is 10.2 Å². The third-order valence-corrected chi connectivity index (χ3v) is 7.04. The Bertz CT molecular complexity index is 850. The van der Waals surface area contributed by atoms with Crippen molar-refractivity contribution in [1.82, 2.24) is 4.98 Å². The minimum absolute atomic E-state index is 0.190. The van der Waals surface area contributed by atoms with Crippen molar-refractivity contribution in [2.45, 2.75) is 57.8 Å². The predicted octanol–water partition coefficient (Wildman–Crippen LogP) is 5.19. The smallest absolute Gasteiger partial charge is 0.338 e. The molecular weight excluding hydrogens is 322 g/mol. The molecule has 0 unspecified atom stereocenters. The standard InChI is InChI=1S/C23H27NO2/c1-3-26-22(25)19-10-21(24-20-5-4-14(2)6-18(19)20)23-11-15-7-16(12-23)9-17(8-15)13-23/h4-6,10,15-17H,3,7-9,11-13H2,1-2H3. The Hall–Kier alpha value is -1.90. The van der Waals surface area contributed by atoms with Gasteiger partial charge in [-0.1, -0.05) is 11.6 Å². The Morgan fingerprint density at radius 3 is 2.38 bits per heavy atom. The first-order chi connectivity index (χ1) is 12.6. The maximum absolute atomic E-state index is 12.7. The summed E-state index contributed by atoms with van der Waals surface area (Å²) < 4.78 is 5.38. The molecule has 4 bridgehead atoms. The lowest BCUT2D eigenvalue weighted by Crippen LogP contribution is -2.49. The summed E-state index contributed by atoms with van der Waals surface area (Å²) in [6.45, 7) is 4.33. The molecule has 136 valence electrons. The van der Waals surface area contributed by atoms with Crippen molar-refractivity contribution in [3.05, 3.63) is 41.1 Å². The van der Waals surface area contributed by atoms with E-state index in [1.165, 1.54) is 38.5 Å². The molecule has 0 spiro atoms. The first kappa shape index (κ1) is 16.3. The highest BCUT2D eigenvalue weighted by atomic mass is 16.5. The van der Waals surface area contributed by atoms with Crippen LogP contribution in [0.2, 0.25) is 0 Å². The number of rotatable bonds is 3. The fourth-order valence-corrected chi connectivity index (χ4v) is 6.41. The van der Waals surface area contributed by atoms with Crippen molar-refractivity contribution in [3.8, 4) is 0 Å². The van der Waals surface area contributed by atoms with Crippen LogP contribution < -0.4 is 0 Å². The predicted molar refractivity (Wildman–Crippen MR) is 102 cm³/mol. The van der Waals surface area contributed by atoms with E-state index in [9.17, 15) is 4.79 Å². The molecule has 4 fully saturated rings. The zero-order valence-corrected chi connectivity index (χ0v) is 15.8. The van der Waals surface area contributed by atoms with Gasteiger partial charge in [-0.25, -0.2) is 4.79 Å². The Labute approximate surface area is 155 Å². The van der Waals surface area contributed by atoms with E-state index in [0.29, 0.717) is 12.2 Å². The molecule has 6 rings (SSSR count). The lowest BCUT2D eigenvalue weighted by molar-refractivity contribution is -0.00710. The molecule has 2 aromatic rings. The molecule has 1 heterocycles. The number of ether oxygens (including phenoxy) is 1. The maximum atomic E-state index is 12.7. The van der Waals surface area contributed by atoms with Gasteiger partial charge >= 0.3 is 5.97 Å². The van der Waals surface area contributed by atoms with Crippen molar-refractivity contribution in [2.75, 3.05) is 6.61 Å². The highest BCUT2D eigenvalue weighted by Gasteiger charge is 2.52. The van der Waals surface area contributed by atoms with Crippen molar-refractivity contribution >= 4 is 16.9 Å². The average Bonchev–Trinajstić information content (AvgIpc) is 2.60. The van der Waals surface area contributed by atoms with Crippen LogP contribution in [0.25, 0.3) is 10.9 Å². The molecule has 4 saturated carbocycles. The van der Waals surface area contributed by atoms with Crippen LogP contribution in [0.4, 0.5) is 0 Å². The average molecular weight is 349 g/mol. The topological polar surface area (TPSA) is 39.2 Å². The normalized spacial score (nSPS) is 32.2. The van der Waals surface area contributed by atoms with E-state index >= 15 is 0 Å². The summed E-state index contributed by atoms with van der Waals surface area (Å²) in [7, 11) is 0. The number of benzene rings is 1. The molecule has 3 nitrogen and oxygen atoms in total. The molecule has 0 saturated heterocycles. The van der Waals surface area contributed by atoms with E-state index in [1.807, 2.05) is 6.92 Å². The molecule has 0 atom stereocenters. The van der Waals surface area contributed by atoms with Gasteiger partial charge in [-0.3, -0.25) is 4.98 Å². The van der Waals surface area contributed by atoms with Gasteiger partial charge < -0.3 is 4.74 Å². The zero-order chi connectivity index (χ0) is 17.9. The summed E-state index contributed by atoms with van der Waals surface area (Å²) in [5, 5.41) is 0.928. The van der Waals surface area contributed by atoms with E-state index in [0.717, 1.165) is 39.9 Å². The minimum atomic E-state index is -0.212. The molecule has 4 aliphatic carbocycles. The van der Waals surface area contributed by atoms with Crippen LogP contribution in [0.3, 0.4) is 0 Å². The highest BCUT2D eigenvalue weighted by molar-refractivity contribution is 6.03. The first-order valence-corrected chi connectivity index (χ1v) is 10.2. The van der Waals surface area contributed by atoms with Gasteiger partial charge in [0.2, 0.25) is 0 Å². The number of carbonyl (C=O) groups excluding carboxylic acids is 1. The SMILES string of the molecule is CCOC(=O)c1cc(C23CC4CC(CC(C4)C2)C3)nc2ccc(C)cc12. The molecule has 1 aromatic carbocycles. The van der Waals surface area contributed by atoms with E-state index in [2.05, 4.69) is 31.2 Å². The zero-order valence-electron chi connectivity index (χ0n) is 15.8. The van der Waals surface area contributed by atoms with Gasteiger partial charge in [0.25, 0.3) is 0 Å². The van der Waals surface area contributed by atoms with Crippen LogP contribution in [0, 0.1) is 24.7 Å². The third kappa shape index (κ3) is 2.47. The largest absolute Gasteiger partial charge is 0.462 e. The van der Waals surface area contributed by atoms with Gasteiger partial charge in [-0.15, -0.1) is 0 Å². The van der Waals surface area contributed by atoms with E-state index in [1.54, 1.807) is 0 Å². The van der Waals surface area contributed by atoms with Crippen LogP contribution >= 0.6 is 0 Å². The lowest BCUT2D eigenvalue weighted by atomic mass is 9.48. The Kier molecular flexibility index (Phi) is 3.63. The number of aromatic nitrogens is 1. The monoisotopic (exact) mass is 349 g/mol. The van der Waals surface area contributed by atoms with Crippen LogP contribution in [-0.4, -0.2) is 17.6 Å². The van der Waals surface area contributed by atoms with E-state index in [4.69, 9.17) is 9.72 Å². The van der Waals surface area contributed by atoms with Crippen molar-refractivity contribution in [3.63, 3.8) is 0 Å². The van der Waals surface area contributed by atoms with Gasteiger partial charge in [0, 0.05) is 16.5 Å². The minimum Gasteiger partial charge on any atom is -0.462 e. The van der Waals surface area contributed by atoms with Crippen LogP contribution in [0.15, 0.2) is 24.3 Å². The van der Waals surface area contributed by atoms with Gasteiger partial charge in [-0.05, 0) is 88.3 Å². The fourth-order valence-electron chi connectivity index (χ4n) is 6.41. The van der Waals surface area contributed by atoms with Gasteiger partial charge in [0.1, 0.15) is 0 Å². The second kappa shape index (κ2) is 5.80. The quantitative estimate of drug-likeness (QED) is 0.716. The summed E-state index contributed by atoms with van der Waals surface area (Å²) >= 11 is 0. The molecule has 4 aliphatic rings. The number of aryl methyl sites for hydroxylation is 1. The van der Waals surface area contributed by atoms with E-state index < -0.39 is 0 Å². The summed E-state index contributed by atoms with van der Waals surface area (Å²) in [5.41, 5.74) is 4.12. The second-order valence-corrected chi connectivity index (χ2v) is 8.99. The number of hydrogen-bond donors (Lipinski definition) is 0. The lowest BCUT2D eigenvalue weighted by Gasteiger charge is -2.56. The Morgan fingerprint density at radius 2 is 1.77 bits per heavy atom. The fraction of sp³-hybridized carbons (Fsp3) is 0.565. The third-order valence-electron chi connectivity index (χ3n) is 7.04. The summed E-state index contributed by atoms with van der Waals surface area (Å²) in [6.07, 6.45) is 8.01. The summed E-state index contributed by atoms with van der Waals surface area (Å²) in [5.74, 6) is 2.38. The van der Waals surface area contributed by atoms with Crippen molar-refractivity contribution in [2.24, 2.45) is 17.8 Å². The van der Waals surface area contributed by atoms with Gasteiger partial charge in [-0.2, -0.15) is 0 Å². The summed E-state index contributed by atoms with van der Waals surface area (Å²) in [6, 6.07) is 8.30. The molecule has 3 heteroatoms. The maximum Gasteiger partial charge on any atom is 0.338 e. The van der Waals surface area contributed by atoms with Gasteiger partial charge in [0.05, 0.1) is 17.7 Å². The molecule has 0 amide bonds. The number of pyridine rings is 1. The number of fused-ring (bicyclic) bond motifs is 1. The molecule has 26 heavy (non-hydrogen) atoms. The molecular formula is C23H27NO2. The number of hydrogen-bond acceptors (Lipinski definition) is 3. The second-order valence-electron chi connectivity index (χ2n) is 8.99.